The fourth-order valence-corrected chi connectivity index (χ4v) is 3.30. The van der Waals surface area contributed by atoms with Crippen molar-refractivity contribution in [3.8, 4) is 0 Å². The quantitative estimate of drug-likeness (QED) is 0.910. The van der Waals surface area contributed by atoms with E-state index in [2.05, 4.69) is 15.3 Å². The standard InChI is InChI=1S/C20H26N4O/c1-15-6-3-9-18(22-15)13-24(14-19-10-4-7-16(2)23-19)20(25)17-8-5-11-21-12-17/h3-4,6-7,9-10,17,21H,5,8,11-14H2,1-2H3. The average molecular weight is 338 g/mol. The monoisotopic (exact) mass is 338 g/mol. The summed E-state index contributed by atoms with van der Waals surface area (Å²) in [6.07, 6.45) is 2.00. The Bertz CT molecular complexity index is 678. The molecule has 132 valence electrons. The number of carbonyl (C=O) groups is 1. The largest absolute Gasteiger partial charge is 0.331 e. The van der Waals surface area contributed by atoms with Crippen LogP contribution in [0.3, 0.4) is 0 Å². The molecular weight excluding hydrogens is 312 g/mol. The summed E-state index contributed by atoms with van der Waals surface area (Å²) in [5.41, 5.74) is 3.78. The second-order valence-electron chi connectivity index (χ2n) is 6.78. The van der Waals surface area contributed by atoms with Gasteiger partial charge >= 0.3 is 0 Å². The summed E-state index contributed by atoms with van der Waals surface area (Å²) < 4.78 is 0. The Hall–Kier alpha value is -2.27. The molecule has 0 bridgehead atoms. The number of nitrogens with one attached hydrogen (secondary N) is 1. The fourth-order valence-electron chi connectivity index (χ4n) is 3.30. The molecule has 2 aromatic heterocycles. The topological polar surface area (TPSA) is 58.1 Å². The van der Waals surface area contributed by atoms with Crippen LogP contribution >= 0.6 is 0 Å². The predicted molar refractivity (Wildman–Crippen MR) is 97.8 cm³/mol. The van der Waals surface area contributed by atoms with Crippen LogP contribution in [0, 0.1) is 19.8 Å². The van der Waals surface area contributed by atoms with Gasteiger partial charge in [-0.2, -0.15) is 0 Å². The Morgan fingerprint density at radius 1 is 1.08 bits per heavy atom. The summed E-state index contributed by atoms with van der Waals surface area (Å²) in [4.78, 5) is 24.2. The van der Waals surface area contributed by atoms with E-state index < -0.39 is 0 Å². The highest BCUT2D eigenvalue weighted by molar-refractivity contribution is 5.79. The minimum Gasteiger partial charge on any atom is -0.331 e. The van der Waals surface area contributed by atoms with Crippen LogP contribution in [0.1, 0.15) is 35.6 Å². The molecule has 0 saturated carbocycles. The van der Waals surface area contributed by atoms with Gasteiger partial charge in [0.05, 0.1) is 30.4 Å². The van der Waals surface area contributed by atoms with Gasteiger partial charge in [0.25, 0.3) is 0 Å². The van der Waals surface area contributed by atoms with Crippen LogP contribution in [-0.2, 0) is 17.9 Å². The first-order valence-corrected chi connectivity index (χ1v) is 8.96. The molecule has 1 amide bonds. The minimum atomic E-state index is 0.0448. The van der Waals surface area contributed by atoms with Crippen LogP contribution in [0.25, 0.3) is 0 Å². The maximum atomic E-state index is 13.1. The van der Waals surface area contributed by atoms with Crippen molar-refractivity contribution in [2.75, 3.05) is 13.1 Å². The molecule has 1 saturated heterocycles. The summed E-state index contributed by atoms with van der Waals surface area (Å²) in [7, 11) is 0. The SMILES string of the molecule is Cc1cccc(CN(Cc2cccc(C)n2)C(=O)C2CCCNC2)n1. The van der Waals surface area contributed by atoms with Gasteiger partial charge in [-0.3, -0.25) is 14.8 Å². The Balaban J connectivity index is 1.80. The molecular formula is C20H26N4O. The highest BCUT2D eigenvalue weighted by Gasteiger charge is 2.26. The molecule has 1 fully saturated rings. The van der Waals surface area contributed by atoms with Crippen molar-refractivity contribution in [1.82, 2.24) is 20.2 Å². The van der Waals surface area contributed by atoms with Gasteiger partial charge in [-0.15, -0.1) is 0 Å². The summed E-state index contributed by atoms with van der Waals surface area (Å²) >= 11 is 0. The average Bonchev–Trinajstić information content (AvgIpc) is 2.61. The molecule has 0 radical (unpaired) electrons. The number of aromatic nitrogens is 2. The lowest BCUT2D eigenvalue weighted by Gasteiger charge is -2.29. The van der Waals surface area contributed by atoms with Gasteiger partial charge in [0.2, 0.25) is 5.91 Å². The number of nitrogens with zero attached hydrogens (tertiary/aromatic N) is 3. The summed E-state index contributed by atoms with van der Waals surface area (Å²) in [6, 6.07) is 11.9. The Kier molecular flexibility index (Phi) is 5.76. The zero-order valence-corrected chi connectivity index (χ0v) is 15.0. The third kappa shape index (κ3) is 4.86. The molecule has 1 atom stereocenters. The van der Waals surface area contributed by atoms with E-state index in [0.29, 0.717) is 13.1 Å². The third-order valence-electron chi connectivity index (χ3n) is 4.56. The molecule has 1 unspecified atom stereocenters. The number of piperidine rings is 1. The van der Waals surface area contributed by atoms with E-state index in [1.165, 1.54) is 0 Å². The number of pyridine rings is 2. The van der Waals surface area contributed by atoms with E-state index in [1.54, 1.807) is 0 Å². The minimum absolute atomic E-state index is 0.0448. The maximum Gasteiger partial charge on any atom is 0.227 e. The first-order valence-electron chi connectivity index (χ1n) is 8.96. The lowest BCUT2D eigenvalue weighted by Crippen LogP contribution is -2.42. The second-order valence-corrected chi connectivity index (χ2v) is 6.78. The molecule has 0 spiro atoms. The number of hydrogen-bond donors (Lipinski definition) is 1. The Labute approximate surface area is 149 Å². The van der Waals surface area contributed by atoms with Gasteiger partial charge in [0.15, 0.2) is 0 Å². The zero-order chi connectivity index (χ0) is 17.6. The van der Waals surface area contributed by atoms with Crippen molar-refractivity contribution in [1.29, 1.82) is 0 Å². The van der Waals surface area contributed by atoms with Gasteiger partial charge in [-0.25, -0.2) is 0 Å². The van der Waals surface area contributed by atoms with Crippen molar-refractivity contribution in [3.05, 3.63) is 59.2 Å². The molecule has 3 heterocycles. The second kappa shape index (κ2) is 8.21. The number of hydrogen-bond acceptors (Lipinski definition) is 4. The van der Waals surface area contributed by atoms with Gasteiger partial charge in [0, 0.05) is 17.9 Å². The van der Waals surface area contributed by atoms with Crippen molar-refractivity contribution in [2.24, 2.45) is 5.92 Å². The molecule has 0 aliphatic carbocycles. The highest BCUT2D eigenvalue weighted by atomic mass is 16.2. The maximum absolute atomic E-state index is 13.1. The van der Waals surface area contributed by atoms with E-state index >= 15 is 0 Å². The summed E-state index contributed by atoms with van der Waals surface area (Å²) in [6.45, 7) is 6.76. The summed E-state index contributed by atoms with van der Waals surface area (Å²) in [5, 5.41) is 3.34. The molecule has 0 aromatic carbocycles. The number of amides is 1. The molecule has 25 heavy (non-hydrogen) atoms. The lowest BCUT2D eigenvalue weighted by molar-refractivity contribution is -0.137. The van der Waals surface area contributed by atoms with Crippen LogP contribution < -0.4 is 5.32 Å². The predicted octanol–water partition coefficient (Wildman–Crippen LogP) is 2.62. The number of rotatable bonds is 5. The Morgan fingerprint density at radius 3 is 2.16 bits per heavy atom. The van der Waals surface area contributed by atoms with Crippen LogP contribution in [0.15, 0.2) is 36.4 Å². The summed E-state index contributed by atoms with van der Waals surface area (Å²) in [5.74, 6) is 0.238. The molecule has 5 heteroatoms. The number of aryl methyl sites for hydroxylation is 2. The first-order chi connectivity index (χ1) is 12.1. The fraction of sp³-hybridized carbons (Fsp3) is 0.450. The third-order valence-corrected chi connectivity index (χ3v) is 4.56. The molecule has 1 N–H and O–H groups in total. The normalized spacial score (nSPS) is 17.3. The van der Waals surface area contributed by atoms with Crippen LogP contribution in [0.4, 0.5) is 0 Å². The van der Waals surface area contributed by atoms with Gasteiger partial charge < -0.3 is 10.2 Å². The van der Waals surface area contributed by atoms with Crippen molar-refractivity contribution in [2.45, 2.75) is 39.8 Å². The van der Waals surface area contributed by atoms with Crippen molar-refractivity contribution >= 4 is 5.91 Å². The Morgan fingerprint density at radius 2 is 1.68 bits per heavy atom. The van der Waals surface area contributed by atoms with Crippen LogP contribution in [0.2, 0.25) is 0 Å². The van der Waals surface area contributed by atoms with Crippen LogP contribution in [0.5, 0.6) is 0 Å². The van der Waals surface area contributed by atoms with Crippen molar-refractivity contribution < 1.29 is 4.79 Å². The lowest BCUT2D eigenvalue weighted by atomic mass is 9.98. The van der Waals surface area contributed by atoms with Gasteiger partial charge in [-0.1, -0.05) is 12.1 Å². The van der Waals surface area contributed by atoms with E-state index in [9.17, 15) is 4.79 Å². The molecule has 2 aromatic rings. The van der Waals surface area contributed by atoms with Crippen molar-refractivity contribution in [3.63, 3.8) is 0 Å². The smallest absolute Gasteiger partial charge is 0.227 e. The molecule has 1 aliphatic heterocycles. The van der Waals surface area contributed by atoms with Gasteiger partial charge in [-0.05, 0) is 57.5 Å². The van der Waals surface area contributed by atoms with E-state index in [4.69, 9.17) is 0 Å². The number of carbonyl (C=O) groups excluding carboxylic acids is 1. The van der Waals surface area contributed by atoms with Crippen LogP contribution in [-0.4, -0.2) is 33.9 Å². The van der Waals surface area contributed by atoms with E-state index in [-0.39, 0.29) is 11.8 Å². The molecule has 3 rings (SSSR count). The first kappa shape index (κ1) is 17.5. The van der Waals surface area contributed by atoms with Gasteiger partial charge in [0.1, 0.15) is 0 Å². The van der Waals surface area contributed by atoms with E-state index in [1.807, 2.05) is 55.1 Å². The molecule has 1 aliphatic rings. The molecule has 5 nitrogen and oxygen atoms in total. The van der Waals surface area contributed by atoms with E-state index in [0.717, 1.165) is 48.7 Å². The highest BCUT2D eigenvalue weighted by Crippen LogP contribution is 2.17. The zero-order valence-electron chi connectivity index (χ0n) is 15.0.